The van der Waals surface area contributed by atoms with E-state index in [-0.39, 0.29) is 11.7 Å². The van der Waals surface area contributed by atoms with Crippen molar-refractivity contribution < 1.29 is 14.6 Å². The molecule has 1 rings (SSSR count). The van der Waals surface area contributed by atoms with Crippen LogP contribution in [-0.4, -0.2) is 33.4 Å². The molecule has 6 nitrogen and oxygen atoms in total. The Morgan fingerprint density at radius 2 is 2.35 bits per heavy atom. The van der Waals surface area contributed by atoms with Gasteiger partial charge in [0.1, 0.15) is 5.82 Å². The number of hydrogen-bond acceptors (Lipinski definition) is 6. The quantitative estimate of drug-likeness (QED) is 0.433. The van der Waals surface area contributed by atoms with Gasteiger partial charge in [-0.25, -0.2) is 9.78 Å². The molecule has 0 saturated carbocycles. The van der Waals surface area contributed by atoms with Crippen molar-refractivity contribution in [3.63, 3.8) is 0 Å². The van der Waals surface area contributed by atoms with E-state index < -0.39 is 12.6 Å². The molecule has 0 atom stereocenters. The molecule has 0 aliphatic rings. The second kappa shape index (κ2) is 6.95. The normalized spacial score (nSPS) is 10.2. The summed E-state index contributed by atoms with van der Waals surface area (Å²) < 4.78 is 4.95. The van der Waals surface area contributed by atoms with Gasteiger partial charge in [0, 0.05) is 11.8 Å². The number of carboxylic acids is 1. The third-order valence-corrected chi connectivity index (χ3v) is 2.71. The standard InChI is InChI=1S/C10H15N3O3S/c1-2-3-4-17-10-12-7(11)5-8(13-10)16-6-9(14)15/h5H,2-4,6H2,1H3,(H,14,15)(H2,11,12,13). The summed E-state index contributed by atoms with van der Waals surface area (Å²) in [5, 5.41) is 8.99. The van der Waals surface area contributed by atoms with Crippen molar-refractivity contribution >= 4 is 23.5 Å². The third-order valence-electron chi connectivity index (χ3n) is 1.77. The summed E-state index contributed by atoms with van der Waals surface area (Å²) in [5.41, 5.74) is 5.58. The lowest BCUT2D eigenvalue weighted by molar-refractivity contribution is -0.139. The molecule has 3 N–H and O–H groups in total. The summed E-state index contributed by atoms with van der Waals surface area (Å²) in [7, 11) is 0. The molecule has 0 aromatic carbocycles. The number of unbranched alkanes of at least 4 members (excludes halogenated alkanes) is 1. The van der Waals surface area contributed by atoms with Gasteiger partial charge in [0.25, 0.3) is 0 Å². The molecule has 0 aliphatic carbocycles. The van der Waals surface area contributed by atoms with E-state index in [0.717, 1.165) is 18.6 Å². The van der Waals surface area contributed by atoms with Crippen LogP contribution in [-0.2, 0) is 4.79 Å². The SMILES string of the molecule is CCCCSc1nc(N)cc(OCC(=O)O)n1. The lowest BCUT2D eigenvalue weighted by atomic mass is 10.4. The van der Waals surface area contributed by atoms with E-state index in [2.05, 4.69) is 16.9 Å². The average Bonchev–Trinajstić information content (AvgIpc) is 2.26. The summed E-state index contributed by atoms with van der Waals surface area (Å²) in [6.07, 6.45) is 2.16. The Hall–Kier alpha value is -1.50. The molecule has 1 heterocycles. The first-order valence-electron chi connectivity index (χ1n) is 5.23. The summed E-state index contributed by atoms with van der Waals surface area (Å²) in [5.74, 6) is 0.318. The number of nitrogen functional groups attached to an aromatic ring is 1. The number of nitrogens with two attached hydrogens (primary N) is 1. The fourth-order valence-corrected chi connectivity index (χ4v) is 1.94. The number of hydrogen-bond donors (Lipinski definition) is 2. The van der Waals surface area contributed by atoms with Gasteiger partial charge in [-0.3, -0.25) is 0 Å². The van der Waals surface area contributed by atoms with Crippen LogP contribution in [0.1, 0.15) is 19.8 Å². The Bertz CT molecular complexity index is 387. The summed E-state index contributed by atoms with van der Waals surface area (Å²) in [4.78, 5) is 18.4. The summed E-state index contributed by atoms with van der Waals surface area (Å²) >= 11 is 1.48. The van der Waals surface area contributed by atoms with Crippen molar-refractivity contribution in [3.05, 3.63) is 6.07 Å². The molecule has 7 heteroatoms. The van der Waals surface area contributed by atoms with Crippen LogP contribution in [0.3, 0.4) is 0 Å². The number of ether oxygens (including phenoxy) is 1. The minimum absolute atomic E-state index is 0.193. The van der Waals surface area contributed by atoms with Crippen LogP contribution in [0.15, 0.2) is 11.2 Å². The first-order valence-corrected chi connectivity index (χ1v) is 6.22. The number of aromatic nitrogens is 2. The Morgan fingerprint density at radius 1 is 1.59 bits per heavy atom. The molecule has 0 amide bonds. The van der Waals surface area contributed by atoms with E-state index in [9.17, 15) is 4.79 Å². The first kappa shape index (κ1) is 13.6. The molecule has 0 unspecified atom stereocenters. The molecule has 17 heavy (non-hydrogen) atoms. The monoisotopic (exact) mass is 257 g/mol. The zero-order valence-electron chi connectivity index (χ0n) is 9.55. The molecule has 1 aromatic rings. The number of carboxylic acid groups (broad SMARTS) is 1. The number of anilines is 1. The maximum absolute atomic E-state index is 10.3. The van der Waals surface area contributed by atoms with Crippen molar-refractivity contribution in [2.45, 2.75) is 24.9 Å². The number of carbonyl (C=O) groups is 1. The number of nitrogens with zero attached hydrogens (tertiary/aromatic N) is 2. The van der Waals surface area contributed by atoms with Crippen molar-refractivity contribution in [1.29, 1.82) is 0 Å². The lowest BCUT2D eigenvalue weighted by Crippen LogP contribution is -2.11. The topological polar surface area (TPSA) is 98.3 Å². The molecule has 0 saturated heterocycles. The second-order valence-corrected chi connectivity index (χ2v) is 4.36. The molecule has 0 spiro atoms. The van der Waals surface area contributed by atoms with Crippen LogP contribution in [0.2, 0.25) is 0 Å². The van der Waals surface area contributed by atoms with Crippen LogP contribution in [0, 0.1) is 0 Å². The molecular formula is C10H15N3O3S. The maximum Gasteiger partial charge on any atom is 0.341 e. The van der Waals surface area contributed by atoms with Gasteiger partial charge in [-0.15, -0.1) is 0 Å². The fraction of sp³-hybridized carbons (Fsp3) is 0.500. The molecule has 0 bridgehead atoms. The van der Waals surface area contributed by atoms with Crippen molar-refractivity contribution in [3.8, 4) is 5.88 Å². The predicted molar refractivity (Wildman–Crippen MR) is 65.2 cm³/mol. The first-order chi connectivity index (χ1) is 8.11. The Morgan fingerprint density at radius 3 is 3.00 bits per heavy atom. The minimum Gasteiger partial charge on any atom is -0.479 e. The van der Waals surface area contributed by atoms with Gasteiger partial charge in [0.15, 0.2) is 11.8 Å². The highest BCUT2D eigenvalue weighted by molar-refractivity contribution is 7.99. The Balaban J connectivity index is 2.62. The fourth-order valence-electron chi connectivity index (χ4n) is 1.00. The van der Waals surface area contributed by atoms with Gasteiger partial charge in [-0.1, -0.05) is 25.1 Å². The largest absolute Gasteiger partial charge is 0.479 e. The number of thioether (sulfide) groups is 1. The van der Waals surface area contributed by atoms with Gasteiger partial charge < -0.3 is 15.6 Å². The lowest BCUT2D eigenvalue weighted by Gasteiger charge is -2.05. The van der Waals surface area contributed by atoms with Gasteiger partial charge >= 0.3 is 5.97 Å². The zero-order chi connectivity index (χ0) is 12.7. The highest BCUT2D eigenvalue weighted by Gasteiger charge is 2.06. The van der Waals surface area contributed by atoms with E-state index in [4.69, 9.17) is 15.6 Å². The molecule has 1 aromatic heterocycles. The van der Waals surface area contributed by atoms with E-state index in [1.807, 2.05) is 0 Å². The van der Waals surface area contributed by atoms with Crippen LogP contribution in [0.5, 0.6) is 5.88 Å². The van der Waals surface area contributed by atoms with Gasteiger partial charge in [0.2, 0.25) is 5.88 Å². The van der Waals surface area contributed by atoms with E-state index in [1.165, 1.54) is 17.8 Å². The smallest absolute Gasteiger partial charge is 0.341 e. The molecule has 0 radical (unpaired) electrons. The average molecular weight is 257 g/mol. The molecule has 0 fully saturated rings. The van der Waals surface area contributed by atoms with Gasteiger partial charge in [0.05, 0.1) is 0 Å². The summed E-state index contributed by atoms with van der Waals surface area (Å²) in [6, 6.07) is 1.41. The van der Waals surface area contributed by atoms with Crippen molar-refractivity contribution in [2.24, 2.45) is 0 Å². The van der Waals surface area contributed by atoms with Crippen LogP contribution in [0.4, 0.5) is 5.82 Å². The van der Waals surface area contributed by atoms with Crippen molar-refractivity contribution in [2.75, 3.05) is 18.1 Å². The van der Waals surface area contributed by atoms with Crippen LogP contribution >= 0.6 is 11.8 Å². The minimum atomic E-state index is -1.05. The Labute approximate surface area is 104 Å². The van der Waals surface area contributed by atoms with Crippen molar-refractivity contribution in [1.82, 2.24) is 9.97 Å². The van der Waals surface area contributed by atoms with Crippen LogP contribution < -0.4 is 10.5 Å². The van der Waals surface area contributed by atoms with Crippen LogP contribution in [0.25, 0.3) is 0 Å². The van der Waals surface area contributed by atoms with E-state index in [1.54, 1.807) is 0 Å². The van der Waals surface area contributed by atoms with Gasteiger partial charge in [-0.05, 0) is 6.42 Å². The Kier molecular flexibility index (Phi) is 5.55. The summed E-state index contributed by atoms with van der Waals surface area (Å²) in [6.45, 7) is 1.66. The highest BCUT2D eigenvalue weighted by Crippen LogP contribution is 2.20. The number of aliphatic carboxylic acids is 1. The second-order valence-electron chi connectivity index (χ2n) is 3.30. The predicted octanol–water partition coefficient (Wildman–Crippen LogP) is 1.41. The zero-order valence-corrected chi connectivity index (χ0v) is 10.4. The molecule has 94 valence electrons. The maximum atomic E-state index is 10.3. The van der Waals surface area contributed by atoms with E-state index in [0.29, 0.717) is 5.16 Å². The van der Waals surface area contributed by atoms with Gasteiger partial charge in [-0.2, -0.15) is 4.98 Å². The highest BCUT2D eigenvalue weighted by atomic mass is 32.2. The molecular weight excluding hydrogens is 242 g/mol. The molecule has 0 aliphatic heterocycles. The van der Waals surface area contributed by atoms with E-state index >= 15 is 0 Å². The third kappa shape index (κ3) is 5.39. The number of rotatable bonds is 7.